The zero-order chi connectivity index (χ0) is 24.2. The van der Waals surface area contributed by atoms with Crippen molar-refractivity contribution in [3.8, 4) is 5.75 Å². The Morgan fingerprint density at radius 3 is 2.58 bits per heavy atom. The van der Waals surface area contributed by atoms with Gasteiger partial charge in [-0.2, -0.15) is 0 Å². The van der Waals surface area contributed by atoms with Crippen molar-refractivity contribution in [1.82, 2.24) is 4.90 Å². The second-order valence-electron chi connectivity index (χ2n) is 9.20. The molecule has 5 nitrogen and oxygen atoms in total. The van der Waals surface area contributed by atoms with Gasteiger partial charge < -0.3 is 9.64 Å². The number of ether oxygens (including phenoxy) is 1. The summed E-state index contributed by atoms with van der Waals surface area (Å²) < 4.78 is 29.7. The highest BCUT2D eigenvalue weighted by atomic mass is 35.5. The standard InChI is InChI=1S/C25H31Cl2NO4S/c1-18(2)32-21-7-4-6-19(14-21)15-24(29)28-12-5-10-25(17-28,11-13-33(3,30)31)20-8-9-22(26)23(27)16-20/h4,6-9,14,16,18H,5,10-13,15,17H2,1-3H3. The fourth-order valence-corrected chi connectivity index (χ4v) is 5.48. The van der Waals surface area contributed by atoms with E-state index in [4.69, 9.17) is 27.9 Å². The van der Waals surface area contributed by atoms with Crippen LogP contribution in [0.15, 0.2) is 42.5 Å². The lowest BCUT2D eigenvalue weighted by atomic mass is 9.72. The first-order valence-corrected chi connectivity index (χ1v) is 14.0. The van der Waals surface area contributed by atoms with Crippen molar-refractivity contribution in [2.45, 2.75) is 51.0 Å². The fourth-order valence-electron chi connectivity index (χ4n) is 4.42. The summed E-state index contributed by atoms with van der Waals surface area (Å²) in [6.45, 7) is 5.01. The van der Waals surface area contributed by atoms with Crippen molar-refractivity contribution < 1.29 is 17.9 Å². The molecule has 1 amide bonds. The van der Waals surface area contributed by atoms with Gasteiger partial charge in [0.1, 0.15) is 15.6 Å². The molecule has 8 heteroatoms. The summed E-state index contributed by atoms with van der Waals surface area (Å²) in [5, 5.41) is 0.879. The number of halogens is 2. The Kier molecular flexibility index (Phi) is 8.35. The maximum atomic E-state index is 13.3. The number of amides is 1. The van der Waals surface area contributed by atoms with Crippen LogP contribution in [0.25, 0.3) is 0 Å². The highest BCUT2D eigenvalue weighted by Crippen LogP contribution is 2.40. The number of hydrogen-bond donors (Lipinski definition) is 0. The van der Waals surface area contributed by atoms with Gasteiger partial charge in [0.25, 0.3) is 0 Å². The number of piperidine rings is 1. The molecule has 33 heavy (non-hydrogen) atoms. The highest BCUT2D eigenvalue weighted by Gasteiger charge is 2.39. The van der Waals surface area contributed by atoms with Crippen LogP contribution in [-0.4, -0.2) is 50.4 Å². The van der Waals surface area contributed by atoms with E-state index in [0.29, 0.717) is 29.6 Å². The van der Waals surface area contributed by atoms with Crippen LogP contribution in [0.3, 0.4) is 0 Å². The highest BCUT2D eigenvalue weighted by molar-refractivity contribution is 7.90. The molecule has 0 radical (unpaired) electrons. The van der Waals surface area contributed by atoms with Crippen LogP contribution in [0.5, 0.6) is 5.75 Å². The predicted molar refractivity (Wildman–Crippen MR) is 134 cm³/mol. The maximum Gasteiger partial charge on any atom is 0.227 e. The summed E-state index contributed by atoms with van der Waals surface area (Å²) in [5.41, 5.74) is 1.32. The molecule has 1 aliphatic rings. The molecule has 1 heterocycles. The van der Waals surface area contributed by atoms with E-state index in [1.807, 2.05) is 55.1 Å². The third-order valence-electron chi connectivity index (χ3n) is 6.04. The molecule has 0 saturated carbocycles. The summed E-state index contributed by atoms with van der Waals surface area (Å²) in [6, 6.07) is 13.0. The van der Waals surface area contributed by atoms with Gasteiger partial charge in [-0.25, -0.2) is 8.42 Å². The number of hydrogen-bond acceptors (Lipinski definition) is 4. The monoisotopic (exact) mass is 511 g/mol. The van der Waals surface area contributed by atoms with Crippen molar-refractivity contribution in [1.29, 1.82) is 0 Å². The zero-order valence-corrected chi connectivity index (χ0v) is 21.6. The first-order chi connectivity index (χ1) is 15.5. The van der Waals surface area contributed by atoms with Gasteiger partial charge in [0.15, 0.2) is 0 Å². The lowest BCUT2D eigenvalue weighted by Gasteiger charge is -2.43. The van der Waals surface area contributed by atoms with Crippen LogP contribution >= 0.6 is 23.2 Å². The molecule has 0 bridgehead atoms. The normalized spacial score (nSPS) is 19.0. The summed E-state index contributed by atoms with van der Waals surface area (Å²) in [7, 11) is -3.17. The van der Waals surface area contributed by atoms with Crippen LogP contribution in [0.2, 0.25) is 10.0 Å². The summed E-state index contributed by atoms with van der Waals surface area (Å²) in [6.07, 6.45) is 3.55. The van der Waals surface area contributed by atoms with E-state index in [0.717, 1.165) is 29.7 Å². The van der Waals surface area contributed by atoms with Crippen LogP contribution < -0.4 is 4.74 Å². The van der Waals surface area contributed by atoms with E-state index < -0.39 is 15.3 Å². The number of likely N-dealkylation sites (tertiary alicyclic amines) is 1. The molecule has 1 fully saturated rings. The summed E-state index contributed by atoms with van der Waals surface area (Å²) in [4.78, 5) is 15.1. The average molecular weight is 512 g/mol. The molecule has 1 aliphatic heterocycles. The minimum absolute atomic E-state index is 0.0141. The number of sulfone groups is 1. The molecular formula is C25H31Cl2NO4S. The van der Waals surface area contributed by atoms with E-state index in [2.05, 4.69) is 0 Å². The van der Waals surface area contributed by atoms with Gasteiger partial charge in [0.2, 0.25) is 5.91 Å². The Labute approximate surface area is 206 Å². The minimum atomic E-state index is -3.17. The predicted octanol–water partition coefficient (Wildman–Crippen LogP) is 5.32. The molecular weight excluding hydrogens is 481 g/mol. The van der Waals surface area contributed by atoms with Gasteiger partial charge in [-0.3, -0.25) is 4.79 Å². The fraction of sp³-hybridized carbons (Fsp3) is 0.480. The quantitative estimate of drug-likeness (QED) is 0.481. The Morgan fingerprint density at radius 2 is 1.91 bits per heavy atom. The first kappa shape index (κ1) is 25.9. The van der Waals surface area contributed by atoms with E-state index in [9.17, 15) is 13.2 Å². The summed E-state index contributed by atoms with van der Waals surface area (Å²) in [5.74, 6) is 0.802. The summed E-state index contributed by atoms with van der Waals surface area (Å²) >= 11 is 12.4. The van der Waals surface area contributed by atoms with Gasteiger partial charge in [-0.1, -0.05) is 41.4 Å². The van der Waals surface area contributed by atoms with Gasteiger partial charge in [-0.15, -0.1) is 0 Å². The lowest BCUT2D eigenvalue weighted by Crippen LogP contribution is -2.49. The van der Waals surface area contributed by atoms with Crippen molar-refractivity contribution >= 4 is 38.9 Å². The number of benzene rings is 2. The van der Waals surface area contributed by atoms with Gasteiger partial charge >= 0.3 is 0 Å². The van der Waals surface area contributed by atoms with Crippen molar-refractivity contribution in [3.63, 3.8) is 0 Å². The van der Waals surface area contributed by atoms with Gasteiger partial charge in [0, 0.05) is 24.8 Å². The van der Waals surface area contributed by atoms with E-state index >= 15 is 0 Å². The molecule has 1 saturated heterocycles. The molecule has 0 spiro atoms. The van der Waals surface area contributed by atoms with Crippen molar-refractivity contribution in [2.24, 2.45) is 0 Å². The number of carbonyl (C=O) groups excluding carboxylic acids is 1. The first-order valence-electron chi connectivity index (χ1n) is 11.1. The topological polar surface area (TPSA) is 63.7 Å². The lowest BCUT2D eigenvalue weighted by molar-refractivity contribution is -0.132. The average Bonchev–Trinajstić information content (AvgIpc) is 2.73. The van der Waals surface area contributed by atoms with Crippen molar-refractivity contribution in [3.05, 3.63) is 63.6 Å². The van der Waals surface area contributed by atoms with E-state index in [1.165, 1.54) is 6.26 Å². The third-order valence-corrected chi connectivity index (χ3v) is 7.72. The molecule has 2 aromatic carbocycles. The van der Waals surface area contributed by atoms with Gasteiger partial charge in [0.05, 0.1) is 28.3 Å². The number of nitrogens with zero attached hydrogens (tertiary/aromatic N) is 1. The molecule has 0 aromatic heterocycles. The maximum absolute atomic E-state index is 13.3. The van der Waals surface area contributed by atoms with E-state index in [1.54, 1.807) is 6.07 Å². The zero-order valence-electron chi connectivity index (χ0n) is 19.3. The van der Waals surface area contributed by atoms with Crippen LogP contribution in [0, 0.1) is 0 Å². The van der Waals surface area contributed by atoms with Crippen molar-refractivity contribution in [2.75, 3.05) is 25.1 Å². The largest absolute Gasteiger partial charge is 0.491 e. The molecule has 1 atom stereocenters. The Bertz CT molecular complexity index is 1100. The molecule has 3 rings (SSSR count). The second kappa shape index (κ2) is 10.7. The molecule has 0 aliphatic carbocycles. The molecule has 1 unspecified atom stereocenters. The third kappa shape index (κ3) is 7.11. The Morgan fingerprint density at radius 1 is 1.15 bits per heavy atom. The van der Waals surface area contributed by atoms with Crippen LogP contribution in [0.4, 0.5) is 0 Å². The smallest absolute Gasteiger partial charge is 0.227 e. The minimum Gasteiger partial charge on any atom is -0.491 e. The van der Waals surface area contributed by atoms with Gasteiger partial charge in [-0.05, 0) is 68.5 Å². The van der Waals surface area contributed by atoms with E-state index in [-0.39, 0.29) is 24.2 Å². The molecule has 2 aromatic rings. The number of rotatable bonds is 8. The molecule has 180 valence electrons. The van der Waals surface area contributed by atoms with Crippen LogP contribution in [-0.2, 0) is 26.5 Å². The number of carbonyl (C=O) groups is 1. The SMILES string of the molecule is CC(C)Oc1cccc(CC(=O)N2CCCC(CCS(C)(=O)=O)(c3ccc(Cl)c(Cl)c3)C2)c1. The Balaban J connectivity index is 1.84. The molecule has 0 N–H and O–H groups in total. The Hall–Kier alpha value is -1.76. The van der Waals surface area contributed by atoms with Crippen LogP contribution in [0.1, 0.15) is 44.2 Å². The second-order valence-corrected chi connectivity index (χ2v) is 12.3.